The maximum absolute atomic E-state index is 12.4. The van der Waals surface area contributed by atoms with Crippen molar-refractivity contribution in [3.05, 3.63) is 0 Å². The fraction of sp³-hybridized carbons (Fsp3) is 0.923. The molecule has 2 aliphatic heterocycles. The number of rotatable bonds is 2. The lowest BCUT2D eigenvalue weighted by molar-refractivity contribution is -0.137. The van der Waals surface area contributed by atoms with Gasteiger partial charge in [-0.15, -0.1) is 0 Å². The summed E-state index contributed by atoms with van der Waals surface area (Å²) in [4.78, 5) is 14.5. The van der Waals surface area contributed by atoms with Crippen LogP contribution in [0.4, 0.5) is 0 Å². The average molecular weight is 240 g/mol. The Morgan fingerprint density at radius 2 is 2.18 bits per heavy atom. The number of methoxy groups -OCH3 is 1. The molecule has 4 nitrogen and oxygen atoms in total. The predicted molar refractivity (Wildman–Crippen MR) is 66.8 cm³/mol. The Balaban J connectivity index is 1.95. The highest BCUT2D eigenvalue weighted by Gasteiger charge is 2.36. The van der Waals surface area contributed by atoms with Gasteiger partial charge in [0.05, 0.1) is 12.1 Å². The summed E-state index contributed by atoms with van der Waals surface area (Å²) in [5, 5.41) is 3.27. The molecule has 1 amide bonds. The van der Waals surface area contributed by atoms with E-state index in [2.05, 4.69) is 24.1 Å². The van der Waals surface area contributed by atoms with Crippen molar-refractivity contribution in [3.8, 4) is 0 Å². The van der Waals surface area contributed by atoms with Crippen LogP contribution in [0, 0.1) is 5.92 Å². The van der Waals surface area contributed by atoms with E-state index in [1.54, 1.807) is 7.11 Å². The zero-order valence-corrected chi connectivity index (χ0v) is 11.1. The van der Waals surface area contributed by atoms with Gasteiger partial charge in [-0.3, -0.25) is 4.79 Å². The SMILES string of the molecule is COC1CNC(C(=O)N2CCCC(C)C2C)C1. The lowest BCUT2D eigenvalue weighted by atomic mass is 9.91. The van der Waals surface area contributed by atoms with E-state index in [1.165, 1.54) is 6.42 Å². The number of nitrogens with one attached hydrogen (secondary N) is 1. The van der Waals surface area contributed by atoms with Crippen LogP contribution in [0.15, 0.2) is 0 Å². The van der Waals surface area contributed by atoms with E-state index >= 15 is 0 Å². The monoisotopic (exact) mass is 240 g/mol. The molecule has 2 rings (SSSR count). The quantitative estimate of drug-likeness (QED) is 0.783. The van der Waals surface area contributed by atoms with Gasteiger partial charge >= 0.3 is 0 Å². The number of carbonyl (C=O) groups is 1. The van der Waals surface area contributed by atoms with Crippen LogP contribution in [0.2, 0.25) is 0 Å². The molecule has 2 fully saturated rings. The van der Waals surface area contributed by atoms with E-state index < -0.39 is 0 Å². The molecular weight excluding hydrogens is 216 g/mol. The van der Waals surface area contributed by atoms with Crippen LogP contribution in [0.1, 0.15) is 33.1 Å². The van der Waals surface area contributed by atoms with Gasteiger partial charge in [-0.2, -0.15) is 0 Å². The minimum absolute atomic E-state index is 0.0345. The third kappa shape index (κ3) is 2.63. The Labute approximate surface area is 104 Å². The van der Waals surface area contributed by atoms with Gasteiger partial charge in [0, 0.05) is 26.2 Å². The number of carbonyl (C=O) groups excluding carboxylic acids is 1. The molecule has 1 N–H and O–H groups in total. The van der Waals surface area contributed by atoms with E-state index in [0.717, 1.165) is 25.9 Å². The van der Waals surface area contributed by atoms with Gasteiger partial charge in [-0.25, -0.2) is 0 Å². The molecule has 4 unspecified atom stereocenters. The van der Waals surface area contributed by atoms with Crippen molar-refractivity contribution in [2.45, 2.75) is 51.3 Å². The van der Waals surface area contributed by atoms with Gasteiger partial charge in [0.1, 0.15) is 0 Å². The van der Waals surface area contributed by atoms with Crippen molar-refractivity contribution in [1.29, 1.82) is 0 Å². The van der Waals surface area contributed by atoms with Crippen LogP contribution < -0.4 is 5.32 Å². The zero-order chi connectivity index (χ0) is 12.4. The normalized spacial score (nSPS) is 38.4. The standard InChI is InChI=1S/C13H24N2O2/c1-9-5-4-6-15(10(9)2)13(16)12-7-11(17-3)8-14-12/h9-12,14H,4-8H2,1-3H3. The Bertz CT molecular complexity index is 283. The summed E-state index contributed by atoms with van der Waals surface area (Å²) in [6, 6.07) is 0.340. The van der Waals surface area contributed by atoms with Crippen LogP contribution in [-0.2, 0) is 9.53 Å². The molecule has 0 aromatic carbocycles. The molecule has 0 aromatic heterocycles. The predicted octanol–water partition coefficient (Wildman–Crippen LogP) is 1.01. The number of amides is 1. The molecule has 2 heterocycles. The maximum atomic E-state index is 12.4. The number of piperidine rings is 1. The number of ether oxygens (including phenoxy) is 1. The van der Waals surface area contributed by atoms with Crippen LogP contribution in [0.25, 0.3) is 0 Å². The van der Waals surface area contributed by atoms with Crippen molar-refractivity contribution < 1.29 is 9.53 Å². The van der Waals surface area contributed by atoms with Gasteiger partial charge in [-0.05, 0) is 32.1 Å². The molecular formula is C13H24N2O2. The van der Waals surface area contributed by atoms with Gasteiger partial charge < -0.3 is 15.0 Å². The first-order valence-electron chi connectivity index (χ1n) is 6.70. The molecule has 17 heavy (non-hydrogen) atoms. The summed E-state index contributed by atoms with van der Waals surface area (Å²) in [7, 11) is 1.71. The highest BCUT2D eigenvalue weighted by Crippen LogP contribution is 2.24. The molecule has 0 aliphatic carbocycles. The third-order valence-electron chi connectivity index (χ3n) is 4.38. The van der Waals surface area contributed by atoms with Gasteiger partial charge in [0.15, 0.2) is 0 Å². The van der Waals surface area contributed by atoms with Crippen molar-refractivity contribution in [2.24, 2.45) is 5.92 Å². The summed E-state index contributed by atoms with van der Waals surface area (Å²) in [6.45, 7) is 6.12. The molecule has 2 saturated heterocycles. The molecule has 0 spiro atoms. The van der Waals surface area contributed by atoms with Gasteiger partial charge in [0.2, 0.25) is 5.91 Å². The second kappa shape index (κ2) is 5.36. The second-order valence-electron chi connectivity index (χ2n) is 5.45. The van der Waals surface area contributed by atoms with Crippen molar-refractivity contribution in [1.82, 2.24) is 10.2 Å². The minimum atomic E-state index is -0.0345. The van der Waals surface area contributed by atoms with Crippen molar-refractivity contribution in [3.63, 3.8) is 0 Å². The van der Waals surface area contributed by atoms with Crippen molar-refractivity contribution >= 4 is 5.91 Å². The summed E-state index contributed by atoms with van der Waals surface area (Å²) < 4.78 is 5.29. The Hall–Kier alpha value is -0.610. The first-order chi connectivity index (χ1) is 8.13. The van der Waals surface area contributed by atoms with Crippen LogP contribution in [-0.4, -0.2) is 49.2 Å². The molecule has 98 valence electrons. The summed E-state index contributed by atoms with van der Waals surface area (Å²) in [6.07, 6.45) is 3.38. The first kappa shape index (κ1) is 12.8. The number of hydrogen-bond acceptors (Lipinski definition) is 3. The van der Waals surface area contributed by atoms with E-state index in [1.807, 2.05) is 0 Å². The van der Waals surface area contributed by atoms with Crippen molar-refractivity contribution in [2.75, 3.05) is 20.2 Å². The summed E-state index contributed by atoms with van der Waals surface area (Å²) in [5.74, 6) is 0.885. The Kier molecular flexibility index (Phi) is 4.05. The number of likely N-dealkylation sites (tertiary alicyclic amines) is 1. The molecule has 4 heteroatoms. The van der Waals surface area contributed by atoms with E-state index in [-0.39, 0.29) is 18.1 Å². The minimum Gasteiger partial charge on any atom is -0.380 e. The van der Waals surface area contributed by atoms with E-state index in [4.69, 9.17) is 4.74 Å². The maximum Gasteiger partial charge on any atom is 0.240 e. The number of hydrogen-bond donors (Lipinski definition) is 1. The highest BCUT2D eigenvalue weighted by molar-refractivity contribution is 5.82. The lowest BCUT2D eigenvalue weighted by Crippen LogP contribution is -2.52. The second-order valence-corrected chi connectivity index (χ2v) is 5.45. The van der Waals surface area contributed by atoms with Crippen LogP contribution in [0.3, 0.4) is 0 Å². The fourth-order valence-corrected chi connectivity index (χ4v) is 2.92. The summed E-state index contributed by atoms with van der Waals surface area (Å²) in [5.41, 5.74) is 0. The Morgan fingerprint density at radius 3 is 2.82 bits per heavy atom. The van der Waals surface area contributed by atoms with E-state index in [9.17, 15) is 4.79 Å². The van der Waals surface area contributed by atoms with Crippen LogP contribution in [0.5, 0.6) is 0 Å². The average Bonchev–Trinajstić information content (AvgIpc) is 2.80. The van der Waals surface area contributed by atoms with Gasteiger partial charge in [0.25, 0.3) is 0 Å². The molecule has 2 aliphatic rings. The molecule has 0 bridgehead atoms. The molecule has 0 aromatic rings. The smallest absolute Gasteiger partial charge is 0.240 e. The molecule has 0 saturated carbocycles. The highest BCUT2D eigenvalue weighted by atomic mass is 16.5. The Morgan fingerprint density at radius 1 is 1.41 bits per heavy atom. The first-order valence-corrected chi connectivity index (χ1v) is 6.70. The largest absolute Gasteiger partial charge is 0.380 e. The summed E-state index contributed by atoms with van der Waals surface area (Å²) >= 11 is 0. The third-order valence-corrected chi connectivity index (χ3v) is 4.38. The lowest BCUT2D eigenvalue weighted by Gasteiger charge is -2.39. The fourth-order valence-electron chi connectivity index (χ4n) is 2.92. The zero-order valence-electron chi connectivity index (χ0n) is 11.1. The molecule has 4 atom stereocenters. The molecule has 0 radical (unpaired) electrons. The number of nitrogens with zero attached hydrogens (tertiary/aromatic N) is 1. The van der Waals surface area contributed by atoms with Gasteiger partial charge in [-0.1, -0.05) is 6.92 Å². The topological polar surface area (TPSA) is 41.6 Å². The van der Waals surface area contributed by atoms with E-state index in [0.29, 0.717) is 12.0 Å². The van der Waals surface area contributed by atoms with Crippen LogP contribution >= 0.6 is 0 Å².